The first kappa shape index (κ1) is 13.1. The third kappa shape index (κ3) is 4.14. The van der Waals surface area contributed by atoms with Crippen molar-refractivity contribution in [3.05, 3.63) is 12.4 Å². The highest BCUT2D eigenvalue weighted by atomic mass is 15.1. The molecule has 2 rings (SSSR count). The third-order valence-electron chi connectivity index (χ3n) is 3.05. The van der Waals surface area contributed by atoms with Crippen molar-refractivity contribution in [1.29, 1.82) is 0 Å². The molecule has 0 bridgehead atoms. The molecule has 5 heteroatoms. The molecule has 1 aromatic rings. The van der Waals surface area contributed by atoms with Crippen LogP contribution >= 0.6 is 0 Å². The zero-order chi connectivity index (χ0) is 12.8. The first-order valence-electron chi connectivity index (χ1n) is 6.77. The lowest BCUT2D eigenvalue weighted by Gasteiger charge is -2.13. The van der Waals surface area contributed by atoms with Crippen molar-refractivity contribution in [3.63, 3.8) is 0 Å². The Bertz CT molecular complexity index is 360. The minimum absolute atomic E-state index is 0.576. The highest BCUT2D eigenvalue weighted by molar-refractivity contribution is 5.46. The fourth-order valence-electron chi connectivity index (χ4n) is 2.02. The lowest BCUT2D eigenvalue weighted by atomic mass is 10.2. The summed E-state index contributed by atoms with van der Waals surface area (Å²) in [6, 6.07) is 2.55. The third-order valence-corrected chi connectivity index (χ3v) is 3.05. The van der Waals surface area contributed by atoms with Gasteiger partial charge >= 0.3 is 0 Å². The molecule has 0 radical (unpaired) electrons. The van der Waals surface area contributed by atoms with Gasteiger partial charge < -0.3 is 16.0 Å². The molecule has 0 aliphatic carbocycles. The van der Waals surface area contributed by atoms with E-state index in [4.69, 9.17) is 0 Å². The monoisotopic (exact) mass is 249 g/mol. The fraction of sp³-hybridized carbons (Fsp3) is 0.692. The van der Waals surface area contributed by atoms with Gasteiger partial charge in [-0.2, -0.15) is 0 Å². The summed E-state index contributed by atoms with van der Waals surface area (Å²) >= 11 is 0. The summed E-state index contributed by atoms with van der Waals surface area (Å²) in [6.45, 7) is 7.36. The summed E-state index contributed by atoms with van der Waals surface area (Å²) in [5.74, 6) is 2.39. The van der Waals surface area contributed by atoms with Crippen molar-refractivity contribution in [2.24, 2.45) is 5.92 Å². The zero-order valence-electron chi connectivity index (χ0n) is 11.2. The van der Waals surface area contributed by atoms with Gasteiger partial charge in [0.15, 0.2) is 0 Å². The molecule has 0 aromatic carbocycles. The average molecular weight is 249 g/mol. The van der Waals surface area contributed by atoms with Gasteiger partial charge in [-0.25, -0.2) is 9.97 Å². The first-order valence-corrected chi connectivity index (χ1v) is 6.77. The molecule has 0 spiro atoms. The van der Waals surface area contributed by atoms with Crippen LogP contribution in [0.5, 0.6) is 0 Å². The molecule has 1 aliphatic heterocycles. The number of rotatable bonds is 6. The molecule has 1 aliphatic rings. The van der Waals surface area contributed by atoms with Gasteiger partial charge in [-0.15, -0.1) is 0 Å². The smallest absolute Gasteiger partial charge is 0.131 e. The molecule has 18 heavy (non-hydrogen) atoms. The molecule has 5 nitrogen and oxygen atoms in total. The average Bonchev–Trinajstić information content (AvgIpc) is 2.87. The van der Waals surface area contributed by atoms with Crippen LogP contribution in [0.15, 0.2) is 12.4 Å². The maximum absolute atomic E-state index is 4.24. The minimum atomic E-state index is 0.576. The van der Waals surface area contributed by atoms with Crippen LogP contribution in [0, 0.1) is 5.92 Å². The van der Waals surface area contributed by atoms with Crippen LogP contribution in [0.1, 0.15) is 26.7 Å². The second-order valence-electron chi connectivity index (χ2n) is 5.24. The summed E-state index contributed by atoms with van der Waals surface area (Å²) in [7, 11) is 0. The van der Waals surface area contributed by atoms with Crippen LogP contribution < -0.4 is 16.0 Å². The van der Waals surface area contributed by atoms with Crippen LogP contribution in [0.4, 0.5) is 11.6 Å². The lowest BCUT2D eigenvalue weighted by molar-refractivity contribution is 0.632. The fourth-order valence-corrected chi connectivity index (χ4v) is 2.02. The Kier molecular flexibility index (Phi) is 4.75. The van der Waals surface area contributed by atoms with E-state index in [1.54, 1.807) is 6.33 Å². The molecule has 3 N–H and O–H groups in total. The predicted molar refractivity (Wildman–Crippen MR) is 74.9 cm³/mol. The molecule has 0 amide bonds. The topological polar surface area (TPSA) is 61.9 Å². The van der Waals surface area contributed by atoms with Crippen molar-refractivity contribution in [2.45, 2.75) is 32.7 Å². The summed E-state index contributed by atoms with van der Waals surface area (Å²) in [6.07, 6.45) is 4.13. The Morgan fingerprint density at radius 1 is 1.33 bits per heavy atom. The Balaban J connectivity index is 1.82. The number of nitrogens with zero attached hydrogens (tertiary/aromatic N) is 2. The molecule has 1 unspecified atom stereocenters. The van der Waals surface area contributed by atoms with Crippen molar-refractivity contribution in [2.75, 3.05) is 30.3 Å². The highest BCUT2D eigenvalue weighted by Gasteiger charge is 2.13. The SMILES string of the molecule is CC(C)CNc1cc(NCC2CCCN2)ncn1. The van der Waals surface area contributed by atoms with E-state index in [2.05, 4.69) is 39.8 Å². The summed E-state index contributed by atoms with van der Waals surface area (Å²) in [5.41, 5.74) is 0. The van der Waals surface area contributed by atoms with E-state index in [9.17, 15) is 0 Å². The maximum Gasteiger partial charge on any atom is 0.131 e. The highest BCUT2D eigenvalue weighted by Crippen LogP contribution is 2.11. The van der Waals surface area contributed by atoms with E-state index in [1.165, 1.54) is 12.8 Å². The van der Waals surface area contributed by atoms with Crippen LogP contribution in [0.2, 0.25) is 0 Å². The Morgan fingerprint density at radius 2 is 2.11 bits per heavy atom. The summed E-state index contributed by atoms with van der Waals surface area (Å²) < 4.78 is 0. The minimum Gasteiger partial charge on any atom is -0.370 e. The van der Waals surface area contributed by atoms with Crippen molar-refractivity contribution in [3.8, 4) is 0 Å². The zero-order valence-corrected chi connectivity index (χ0v) is 11.2. The molecule has 2 heterocycles. The second kappa shape index (κ2) is 6.54. The van der Waals surface area contributed by atoms with E-state index < -0.39 is 0 Å². The van der Waals surface area contributed by atoms with Gasteiger partial charge in [-0.1, -0.05) is 13.8 Å². The standard InChI is InChI=1S/C13H23N5/c1-10(2)7-15-12-6-13(18-9-17-12)16-8-11-4-3-5-14-11/h6,9-11,14H,3-5,7-8H2,1-2H3,(H2,15,16,17,18). The molecule has 1 atom stereocenters. The van der Waals surface area contributed by atoms with Gasteiger partial charge in [0.05, 0.1) is 0 Å². The molecule has 1 fully saturated rings. The second-order valence-corrected chi connectivity index (χ2v) is 5.24. The largest absolute Gasteiger partial charge is 0.370 e. The normalized spacial score (nSPS) is 19.2. The van der Waals surface area contributed by atoms with Crippen molar-refractivity contribution in [1.82, 2.24) is 15.3 Å². The number of nitrogens with one attached hydrogen (secondary N) is 3. The van der Waals surface area contributed by atoms with E-state index in [1.807, 2.05) is 6.07 Å². The quantitative estimate of drug-likeness (QED) is 0.716. The van der Waals surface area contributed by atoms with E-state index in [0.29, 0.717) is 12.0 Å². The predicted octanol–water partition coefficient (Wildman–Crippen LogP) is 1.71. The van der Waals surface area contributed by atoms with Crippen LogP contribution in [0.25, 0.3) is 0 Å². The van der Waals surface area contributed by atoms with Gasteiger partial charge in [-0.3, -0.25) is 0 Å². The Morgan fingerprint density at radius 3 is 2.78 bits per heavy atom. The van der Waals surface area contributed by atoms with Gasteiger partial charge in [0, 0.05) is 25.2 Å². The number of anilines is 2. The van der Waals surface area contributed by atoms with Crippen molar-refractivity contribution >= 4 is 11.6 Å². The Hall–Kier alpha value is -1.36. The molecular formula is C13H23N5. The van der Waals surface area contributed by atoms with Crippen LogP contribution in [0.3, 0.4) is 0 Å². The Labute approximate surface area is 109 Å². The van der Waals surface area contributed by atoms with E-state index in [0.717, 1.165) is 31.3 Å². The van der Waals surface area contributed by atoms with E-state index in [-0.39, 0.29) is 0 Å². The molecule has 100 valence electrons. The van der Waals surface area contributed by atoms with Gasteiger partial charge in [0.2, 0.25) is 0 Å². The van der Waals surface area contributed by atoms with Crippen LogP contribution in [-0.4, -0.2) is 35.6 Å². The lowest BCUT2D eigenvalue weighted by Crippen LogP contribution is -2.29. The van der Waals surface area contributed by atoms with Gasteiger partial charge in [0.1, 0.15) is 18.0 Å². The van der Waals surface area contributed by atoms with Crippen molar-refractivity contribution < 1.29 is 0 Å². The molecule has 0 saturated carbocycles. The molecule has 1 saturated heterocycles. The number of hydrogen-bond donors (Lipinski definition) is 3. The first-order chi connectivity index (χ1) is 8.74. The summed E-state index contributed by atoms with van der Waals surface area (Å²) in [5, 5.41) is 10.1. The van der Waals surface area contributed by atoms with Crippen LogP contribution in [-0.2, 0) is 0 Å². The maximum atomic E-state index is 4.24. The molecular weight excluding hydrogens is 226 g/mol. The van der Waals surface area contributed by atoms with Gasteiger partial charge in [0.25, 0.3) is 0 Å². The number of aromatic nitrogens is 2. The number of hydrogen-bond acceptors (Lipinski definition) is 5. The summed E-state index contributed by atoms with van der Waals surface area (Å²) in [4.78, 5) is 8.45. The van der Waals surface area contributed by atoms with E-state index >= 15 is 0 Å². The van der Waals surface area contributed by atoms with Gasteiger partial charge in [-0.05, 0) is 25.3 Å². The molecule has 1 aromatic heterocycles.